The fraction of sp³-hybridized carbons (Fsp3) is 0.118. The summed E-state index contributed by atoms with van der Waals surface area (Å²) in [6, 6.07) is 11.4. The fourth-order valence-electron chi connectivity index (χ4n) is 2.48. The van der Waals surface area contributed by atoms with Gasteiger partial charge in [0, 0.05) is 27.3 Å². The molecule has 0 aliphatic heterocycles. The maximum Gasteiger partial charge on any atom is 0.228 e. The van der Waals surface area contributed by atoms with Crippen molar-refractivity contribution in [2.24, 2.45) is 0 Å². The van der Waals surface area contributed by atoms with E-state index in [1.165, 1.54) is 12.1 Å². The maximum absolute atomic E-state index is 13.4. The highest BCUT2D eigenvalue weighted by Gasteiger charge is 2.13. The summed E-state index contributed by atoms with van der Waals surface area (Å²) < 4.78 is 13.4. The normalized spacial score (nSPS) is 10.9. The van der Waals surface area contributed by atoms with Crippen LogP contribution in [0.3, 0.4) is 0 Å². The van der Waals surface area contributed by atoms with Crippen LogP contribution in [0.15, 0.2) is 42.5 Å². The van der Waals surface area contributed by atoms with Crippen LogP contribution in [-0.2, 0) is 11.2 Å². The number of amides is 1. The molecule has 5 heteroatoms. The molecule has 0 spiro atoms. The van der Waals surface area contributed by atoms with E-state index < -0.39 is 0 Å². The van der Waals surface area contributed by atoms with Crippen LogP contribution in [0.1, 0.15) is 11.3 Å². The number of hydrogen-bond acceptors (Lipinski definition) is 1. The first-order valence-corrected chi connectivity index (χ1v) is 7.23. The molecule has 3 rings (SSSR count). The van der Waals surface area contributed by atoms with Gasteiger partial charge in [-0.2, -0.15) is 0 Å². The quantitative estimate of drug-likeness (QED) is 0.736. The number of benzene rings is 2. The van der Waals surface area contributed by atoms with Gasteiger partial charge in [-0.3, -0.25) is 4.79 Å². The second kappa shape index (κ2) is 5.81. The van der Waals surface area contributed by atoms with Gasteiger partial charge in [0.05, 0.1) is 6.42 Å². The Kier molecular flexibility index (Phi) is 3.86. The van der Waals surface area contributed by atoms with Gasteiger partial charge in [0.2, 0.25) is 5.91 Å². The number of fused-ring (bicyclic) bond motifs is 1. The van der Waals surface area contributed by atoms with Crippen LogP contribution < -0.4 is 5.32 Å². The van der Waals surface area contributed by atoms with Crippen molar-refractivity contribution < 1.29 is 9.18 Å². The smallest absolute Gasteiger partial charge is 0.228 e. The minimum Gasteiger partial charge on any atom is -0.358 e. The molecule has 0 aliphatic carbocycles. The largest absolute Gasteiger partial charge is 0.358 e. The van der Waals surface area contributed by atoms with Gasteiger partial charge in [0.25, 0.3) is 0 Å². The van der Waals surface area contributed by atoms with Crippen LogP contribution in [0.25, 0.3) is 10.9 Å². The first kappa shape index (κ1) is 14.6. The lowest BCUT2D eigenvalue weighted by molar-refractivity contribution is -0.115. The molecule has 3 nitrogen and oxygen atoms in total. The van der Waals surface area contributed by atoms with Crippen molar-refractivity contribution in [3.63, 3.8) is 0 Å². The van der Waals surface area contributed by atoms with E-state index in [0.717, 1.165) is 22.2 Å². The molecule has 1 amide bonds. The highest BCUT2D eigenvalue weighted by molar-refractivity contribution is 6.30. The first-order valence-electron chi connectivity index (χ1n) is 6.85. The van der Waals surface area contributed by atoms with Crippen LogP contribution in [0, 0.1) is 12.7 Å². The molecule has 0 radical (unpaired) electrons. The lowest BCUT2D eigenvalue weighted by Gasteiger charge is -2.06. The minimum atomic E-state index is -0.314. The molecule has 2 aromatic carbocycles. The molecule has 0 bridgehead atoms. The molecule has 3 aromatic rings. The molecule has 1 aromatic heterocycles. The van der Waals surface area contributed by atoms with Crippen LogP contribution in [0.5, 0.6) is 0 Å². The predicted octanol–water partition coefficient (Wildman–Crippen LogP) is 4.45. The third-order valence-electron chi connectivity index (χ3n) is 3.55. The molecule has 0 atom stereocenters. The molecule has 1 heterocycles. The zero-order chi connectivity index (χ0) is 15.7. The van der Waals surface area contributed by atoms with Crippen molar-refractivity contribution in [1.82, 2.24) is 4.98 Å². The van der Waals surface area contributed by atoms with Crippen LogP contribution in [0.2, 0.25) is 5.02 Å². The van der Waals surface area contributed by atoms with Gasteiger partial charge in [-0.05, 0) is 55.0 Å². The van der Waals surface area contributed by atoms with E-state index in [4.69, 9.17) is 11.6 Å². The van der Waals surface area contributed by atoms with E-state index >= 15 is 0 Å². The number of aryl methyl sites for hydroxylation is 1. The Morgan fingerprint density at radius 1 is 1.23 bits per heavy atom. The molecule has 2 N–H and O–H groups in total. The average Bonchev–Trinajstić information content (AvgIpc) is 2.77. The number of anilines is 1. The summed E-state index contributed by atoms with van der Waals surface area (Å²) in [7, 11) is 0. The van der Waals surface area contributed by atoms with Crippen molar-refractivity contribution in [2.45, 2.75) is 13.3 Å². The zero-order valence-corrected chi connectivity index (χ0v) is 12.7. The molecule has 112 valence electrons. The van der Waals surface area contributed by atoms with E-state index in [9.17, 15) is 9.18 Å². The zero-order valence-electron chi connectivity index (χ0n) is 11.9. The Morgan fingerprint density at radius 3 is 2.68 bits per heavy atom. The van der Waals surface area contributed by atoms with Crippen molar-refractivity contribution in [1.29, 1.82) is 0 Å². The lowest BCUT2D eigenvalue weighted by Crippen LogP contribution is -2.14. The number of nitrogens with one attached hydrogen (secondary N) is 2. The maximum atomic E-state index is 13.4. The minimum absolute atomic E-state index is 0.157. The summed E-state index contributed by atoms with van der Waals surface area (Å²) in [6.45, 7) is 1.88. The second-order valence-electron chi connectivity index (χ2n) is 5.15. The van der Waals surface area contributed by atoms with Gasteiger partial charge in [-0.1, -0.05) is 11.6 Å². The fourth-order valence-corrected chi connectivity index (χ4v) is 2.61. The van der Waals surface area contributed by atoms with E-state index in [0.29, 0.717) is 10.7 Å². The molecule has 0 fully saturated rings. The number of aromatic nitrogens is 1. The van der Waals surface area contributed by atoms with E-state index in [2.05, 4.69) is 10.3 Å². The number of hydrogen-bond donors (Lipinski definition) is 2. The molecular weight excluding hydrogens is 303 g/mol. The van der Waals surface area contributed by atoms with Crippen molar-refractivity contribution in [2.75, 3.05) is 5.32 Å². The van der Waals surface area contributed by atoms with Gasteiger partial charge < -0.3 is 10.3 Å². The van der Waals surface area contributed by atoms with Gasteiger partial charge in [0.15, 0.2) is 0 Å². The molecule has 22 heavy (non-hydrogen) atoms. The number of aromatic amines is 1. The number of halogens is 2. The SMILES string of the molecule is Cc1[nH]c2ccc(F)cc2c1CC(=O)Nc1ccc(Cl)cc1. The Morgan fingerprint density at radius 2 is 1.95 bits per heavy atom. The summed E-state index contributed by atoms with van der Waals surface area (Å²) in [5.74, 6) is -0.471. The van der Waals surface area contributed by atoms with Gasteiger partial charge in [-0.25, -0.2) is 4.39 Å². The van der Waals surface area contributed by atoms with Crippen molar-refractivity contribution in [3.05, 3.63) is 64.6 Å². The summed E-state index contributed by atoms with van der Waals surface area (Å²) in [5, 5.41) is 4.16. The third kappa shape index (κ3) is 2.97. The summed E-state index contributed by atoms with van der Waals surface area (Å²) in [6.07, 6.45) is 0.178. The number of carbonyl (C=O) groups is 1. The molecular formula is C17H14ClFN2O. The van der Waals surface area contributed by atoms with E-state index in [1.807, 2.05) is 6.92 Å². The van der Waals surface area contributed by atoms with Gasteiger partial charge >= 0.3 is 0 Å². The second-order valence-corrected chi connectivity index (χ2v) is 5.59. The number of H-pyrrole nitrogens is 1. The van der Waals surface area contributed by atoms with Crippen LogP contribution in [-0.4, -0.2) is 10.9 Å². The van der Waals surface area contributed by atoms with Crippen LogP contribution in [0.4, 0.5) is 10.1 Å². The Balaban J connectivity index is 1.83. The van der Waals surface area contributed by atoms with E-state index in [-0.39, 0.29) is 18.1 Å². The average molecular weight is 317 g/mol. The van der Waals surface area contributed by atoms with Crippen molar-refractivity contribution >= 4 is 34.1 Å². The summed E-state index contributed by atoms with van der Waals surface area (Å²) >= 11 is 5.81. The standard InChI is InChI=1S/C17H14ClFN2O/c1-10-14(15-8-12(19)4-7-16(15)20-10)9-17(22)21-13-5-2-11(18)3-6-13/h2-8,20H,9H2,1H3,(H,21,22). The monoisotopic (exact) mass is 316 g/mol. The van der Waals surface area contributed by atoms with E-state index in [1.54, 1.807) is 30.3 Å². The van der Waals surface area contributed by atoms with Gasteiger partial charge in [-0.15, -0.1) is 0 Å². The van der Waals surface area contributed by atoms with Crippen molar-refractivity contribution in [3.8, 4) is 0 Å². The van der Waals surface area contributed by atoms with Crippen LogP contribution >= 0.6 is 11.6 Å². The lowest BCUT2D eigenvalue weighted by atomic mass is 10.1. The topological polar surface area (TPSA) is 44.9 Å². The molecule has 0 unspecified atom stereocenters. The summed E-state index contributed by atoms with van der Waals surface area (Å²) in [5.41, 5.74) is 3.18. The molecule has 0 aliphatic rings. The van der Waals surface area contributed by atoms with Gasteiger partial charge in [0.1, 0.15) is 5.82 Å². The number of carbonyl (C=O) groups excluding carboxylic acids is 1. The molecule has 0 saturated carbocycles. The Labute approximate surface area is 132 Å². The first-order chi connectivity index (χ1) is 10.5. The summed E-state index contributed by atoms with van der Waals surface area (Å²) in [4.78, 5) is 15.4. The Hall–Kier alpha value is -2.33. The highest BCUT2D eigenvalue weighted by Crippen LogP contribution is 2.24. The predicted molar refractivity (Wildman–Crippen MR) is 86.8 cm³/mol. The highest BCUT2D eigenvalue weighted by atomic mass is 35.5. The number of rotatable bonds is 3. The Bertz CT molecular complexity index is 840. The third-order valence-corrected chi connectivity index (χ3v) is 3.80. The molecule has 0 saturated heterocycles.